The Bertz CT molecular complexity index is 1230. The molecule has 0 aromatic heterocycles. The Morgan fingerprint density at radius 3 is 1.16 bits per heavy atom. The van der Waals surface area contributed by atoms with Gasteiger partial charge in [0.25, 0.3) is 0 Å². The lowest BCUT2D eigenvalue weighted by Gasteiger charge is -2.30. The summed E-state index contributed by atoms with van der Waals surface area (Å²) in [5.74, 6) is 1.64. The Labute approximate surface area is 224 Å². The van der Waals surface area contributed by atoms with E-state index in [0.717, 1.165) is 27.6 Å². The average Bonchev–Trinajstić information content (AvgIpc) is 2.85. The maximum atomic E-state index is 11.6. The molecule has 0 spiro atoms. The molecular weight excluding hydrogens is 490 g/mol. The van der Waals surface area contributed by atoms with Crippen molar-refractivity contribution in [2.45, 2.75) is 52.4 Å². The summed E-state index contributed by atoms with van der Waals surface area (Å²) >= 11 is 0. The highest BCUT2D eigenvalue weighted by atomic mass is 31.2. The number of phenols is 2. The van der Waals surface area contributed by atoms with E-state index in [4.69, 9.17) is 0 Å². The van der Waals surface area contributed by atoms with E-state index in [2.05, 4.69) is 114 Å². The maximum absolute atomic E-state index is 11.6. The van der Waals surface area contributed by atoms with Gasteiger partial charge in [0.05, 0.1) is 0 Å². The first-order valence-electron chi connectivity index (χ1n) is 12.8. The number of phenolic OH excluding ortho intramolecular Hbond substituents is 2. The summed E-state index contributed by atoms with van der Waals surface area (Å²) in [6.07, 6.45) is 0. The van der Waals surface area contributed by atoms with Crippen LogP contribution < -0.4 is 21.2 Å². The Morgan fingerprint density at radius 1 is 0.486 bits per heavy atom. The van der Waals surface area contributed by atoms with Crippen LogP contribution in [0.5, 0.6) is 11.5 Å². The third kappa shape index (κ3) is 6.09. The highest BCUT2D eigenvalue weighted by molar-refractivity contribution is 7.88. The van der Waals surface area contributed by atoms with Gasteiger partial charge in [0.2, 0.25) is 0 Å². The van der Waals surface area contributed by atoms with E-state index in [1.165, 1.54) is 10.6 Å². The SMILES string of the molecule is CC(C)(C)c1cccc(P(CP(c2ccccc2)c2cccc(C(C)(C)C)c2O)c2ccccc2)c1O. The molecule has 37 heavy (non-hydrogen) atoms. The Balaban J connectivity index is 1.92. The van der Waals surface area contributed by atoms with Crippen molar-refractivity contribution >= 4 is 37.1 Å². The van der Waals surface area contributed by atoms with Crippen molar-refractivity contribution in [2.24, 2.45) is 0 Å². The molecule has 0 saturated carbocycles. The van der Waals surface area contributed by atoms with E-state index >= 15 is 0 Å². The van der Waals surface area contributed by atoms with Gasteiger partial charge in [-0.25, -0.2) is 0 Å². The Morgan fingerprint density at radius 2 is 0.838 bits per heavy atom. The van der Waals surface area contributed by atoms with E-state index in [-0.39, 0.29) is 10.8 Å². The van der Waals surface area contributed by atoms with E-state index in [0.29, 0.717) is 11.5 Å². The third-order valence-corrected chi connectivity index (χ3v) is 12.6. The van der Waals surface area contributed by atoms with Gasteiger partial charge in [-0.05, 0) is 48.4 Å². The van der Waals surface area contributed by atoms with Crippen LogP contribution in [-0.4, -0.2) is 16.1 Å². The van der Waals surface area contributed by atoms with E-state index in [9.17, 15) is 10.2 Å². The molecule has 192 valence electrons. The molecule has 2 N–H and O–H groups in total. The van der Waals surface area contributed by atoms with Crippen LogP contribution in [0.3, 0.4) is 0 Å². The molecule has 4 aromatic carbocycles. The first-order valence-corrected chi connectivity index (χ1v) is 15.8. The molecule has 4 aromatic rings. The number of rotatable bonds is 6. The molecule has 0 radical (unpaired) electrons. The second kappa shape index (κ2) is 11.0. The Hall–Kier alpha value is -2.66. The van der Waals surface area contributed by atoms with Crippen LogP contribution in [-0.2, 0) is 10.8 Å². The molecule has 0 heterocycles. The highest BCUT2D eigenvalue weighted by Crippen LogP contribution is 2.52. The zero-order valence-electron chi connectivity index (χ0n) is 22.7. The van der Waals surface area contributed by atoms with Crippen LogP contribution >= 0.6 is 15.8 Å². The zero-order valence-corrected chi connectivity index (χ0v) is 24.5. The Kier molecular flexibility index (Phi) is 8.13. The van der Waals surface area contributed by atoms with Gasteiger partial charge in [-0.2, -0.15) is 0 Å². The number of hydrogen-bond donors (Lipinski definition) is 2. The predicted octanol–water partition coefficient (Wildman–Crippen LogP) is 7.22. The first-order chi connectivity index (χ1) is 17.5. The number of para-hydroxylation sites is 2. The fourth-order valence-corrected chi connectivity index (χ4v) is 11.2. The molecule has 2 nitrogen and oxygen atoms in total. The zero-order chi connectivity index (χ0) is 26.8. The summed E-state index contributed by atoms with van der Waals surface area (Å²) in [5, 5.41) is 27.6. The van der Waals surface area contributed by atoms with Gasteiger partial charge >= 0.3 is 0 Å². The maximum Gasteiger partial charge on any atom is 0.127 e. The predicted molar refractivity (Wildman–Crippen MR) is 164 cm³/mol. The molecule has 0 bridgehead atoms. The molecular formula is C33H38O2P2. The first kappa shape index (κ1) is 27.4. The highest BCUT2D eigenvalue weighted by Gasteiger charge is 2.30. The quantitative estimate of drug-likeness (QED) is 0.260. The summed E-state index contributed by atoms with van der Waals surface area (Å²) < 4.78 is 0. The second-order valence-electron chi connectivity index (χ2n) is 11.5. The van der Waals surface area contributed by atoms with Gasteiger partial charge in [-0.3, -0.25) is 0 Å². The van der Waals surface area contributed by atoms with Gasteiger partial charge in [-0.15, -0.1) is 0 Å². The third-order valence-electron chi connectivity index (χ3n) is 6.65. The number of hydrogen-bond acceptors (Lipinski definition) is 2. The summed E-state index contributed by atoms with van der Waals surface area (Å²) in [6.45, 7) is 12.9. The van der Waals surface area contributed by atoms with Crippen molar-refractivity contribution < 1.29 is 10.2 Å². The molecule has 2 atom stereocenters. The van der Waals surface area contributed by atoms with Crippen LogP contribution in [0.1, 0.15) is 52.7 Å². The summed E-state index contributed by atoms with van der Waals surface area (Å²) in [4.78, 5) is 0. The smallest absolute Gasteiger partial charge is 0.127 e. The van der Waals surface area contributed by atoms with Crippen molar-refractivity contribution in [2.75, 3.05) is 5.90 Å². The number of aromatic hydroxyl groups is 2. The molecule has 0 fully saturated rings. The largest absolute Gasteiger partial charge is 0.507 e. The molecule has 2 unspecified atom stereocenters. The molecule has 0 saturated heterocycles. The monoisotopic (exact) mass is 528 g/mol. The van der Waals surface area contributed by atoms with Crippen molar-refractivity contribution in [1.82, 2.24) is 0 Å². The lowest BCUT2D eigenvalue weighted by atomic mass is 9.86. The minimum absolute atomic E-state index is 0.165. The molecule has 4 heteroatoms. The molecule has 0 aliphatic carbocycles. The van der Waals surface area contributed by atoms with Gasteiger partial charge in [0, 0.05) is 16.5 Å². The van der Waals surface area contributed by atoms with E-state index in [1.54, 1.807) is 0 Å². The summed E-state index contributed by atoms with van der Waals surface area (Å²) in [6, 6.07) is 33.5. The van der Waals surface area contributed by atoms with Crippen molar-refractivity contribution in [3.8, 4) is 11.5 Å². The fourth-order valence-electron chi connectivity index (χ4n) is 4.66. The lowest BCUT2D eigenvalue weighted by molar-refractivity contribution is 0.450. The van der Waals surface area contributed by atoms with Crippen molar-refractivity contribution in [1.29, 1.82) is 0 Å². The van der Waals surface area contributed by atoms with E-state index in [1.807, 2.05) is 24.3 Å². The minimum atomic E-state index is -0.904. The van der Waals surface area contributed by atoms with Crippen molar-refractivity contribution in [3.05, 3.63) is 108 Å². The molecule has 0 aliphatic heterocycles. The van der Waals surface area contributed by atoms with Crippen LogP contribution in [0.25, 0.3) is 0 Å². The van der Waals surface area contributed by atoms with Gasteiger partial charge in [0.1, 0.15) is 11.5 Å². The van der Waals surface area contributed by atoms with Crippen LogP contribution in [0, 0.1) is 0 Å². The van der Waals surface area contributed by atoms with Crippen LogP contribution in [0.15, 0.2) is 97.1 Å². The standard InChI is InChI=1S/C33H38O2P2/c1-32(2,3)26-19-13-21-28(30(26)34)36(24-15-9-7-10-16-24)23-37(25-17-11-8-12-18-25)29-22-14-20-27(31(29)35)33(4,5)6/h7-22,34-35H,23H2,1-6H3. The minimum Gasteiger partial charge on any atom is -0.507 e. The van der Waals surface area contributed by atoms with Crippen molar-refractivity contribution in [3.63, 3.8) is 0 Å². The lowest BCUT2D eigenvalue weighted by Crippen LogP contribution is -2.23. The van der Waals surface area contributed by atoms with Gasteiger partial charge < -0.3 is 10.2 Å². The summed E-state index contributed by atoms with van der Waals surface area (Å²) in [7, 11) is -1.81. The van der Waals surface area contributed by atoms with Gasteiger partial charge in [0.15, 0.2) is 0 Å². The topological polar surface area (TPSA) is 40.5 Å². The normalized spacial score (nSPS) is 13.8. The summed E-state index contributed by atoms with van der Waals surface area (Å²) in [5.41, 5.74) is 1.60. The van der Waals surface area contributed by atoms with Crippen LogP contribution in [0.4, 0.5) is 0 Å². The van der Waals surface area contributed by atoms with E-state index < -0.39 is 15.8 Å². The fraction of sp³-hybridized carbons (Fsp3) is 0.273. The second-order valence-corrected chi connectivity index (χ2v) is 16.4. The molecule has 0 aliphatic rings. The molecule has 4 rings (SSSR count). The molecule has 0 amide bonds. The number of benzene rings is 4. The average molecular weight is 529 g/mol. The van der Waals surface area contributed by atoms with Gasteiger partial charge in [-0.1, -0.05) is 139 Å². The van der Waals surface area contributed by atoms with Crippen LogP contribution in [0.2, 0.25) is 0 Å².